The van der Waals surface area contributed by atoms with Gasteiger partial charge in [0.25, 0.3) is 5.69 Å². The van der Waals surface area contributed by atoms with Crippen LogP contribution in [0.25, 0.3) is 0 Å². The Morgan fingerprint density at radius 2 is 2.36 bits per heavy atom. The van der Waals surface area contributed by atoms with Gasteiger partial charge in [-0.1, -0.05) is 0 Å². The summed E-state index contributed by atoms with van der Waals surface area (Å²) in [5.41, 5.74) is 0.607. The number of aryl methyl sites for hydroxylation is 1. The van der Waals surface area contributed by atoms with E-state index in [2.05, 4.69) is 16.8 Å². The third-order valence-electron chi connectivity index (χ3n) is 1.52. The molecule has 0 atom stereocenters. The molecular weight excluding hydrogens is 182 g/mol. The van der Waals surface area contributed by atoms with Crippen molar-refractivity contribution in [2.75, 3.05) is 0 Å². The van der Waals surface area contributed by atoms with Crippen molar-refractivity contribution in [1.29, 1.82) is 5.26 Å². The maximum absolute atomic E-state index is 10.5. The lowest BCUT2D eigenvalue weighted by atomic mass is 10.2. The van der Waals surface area contributed by atoms with E-state index in [4.69, 9.17) is 5.26 Å². The maximum atomic E-state index is 10.5. The fourth-order valence-electron chi connectivity index (χ4n) is 0.875. The summed E-state index contributed by atoms with van der Waals surface area (Å²) in [7, 11) is 0. The first-order valence-corrected chi connectivity index (χ1v) is 3.66. The smallest absolute Gasteiger partial charge is 0.258 e. The van der Waals surface area contributed by atoms with Crippen LogP contribution in [0.4, 0.5) is 5.69 Å². The van der Waals surface area contributed by atoms with E-state index in [1.807, 2.05) is 0 Å². The van der Waals surface area contributed by atoms with Crippen molar-refractivity contribution in [1.82, 2.24) is 4.98 Å². The van der Waals surface area contributed by atoms with Gasteiger partial charge in [0, 0.05) is 18.2 Å². The van der Waals surface area contributed by atoms with Gasteiger partial charge in [0.05, 0.1) is 10.5 Å². The zero-order valence-corrected chi connectivity index (χ0v) is 7.31. The summed E-state index contributed by atoms with van der Waals surface area (Å²) >= 11 is 0. The van der Waals surface area contributed by atoms with Crippen molar-refractivity contribution >= 4 is 5.69 Å². The molecule has 14 heavy (non-hydrogen) atoms. The zero-order valence-electron chi connectivity index (χ0n) is 7.31. The van der Waals surface area contributed by atoms with Crippen LogP contribution in [0.2, 0.25) is 0 Å². The quantitative estimate of drug-likeness (QED) is 0.375. The molecule has 0 saturated carbocycles. The highest BCUT2D eigenvalue weighted by Crippen LogP contribution is 2.15. The van der Waals surface area contributed by atoms with Gasteiger partial charge in [-0.3, -0.25) is 15.1 Å². The first-order chi connectivity index (χ1) is 6.65. The van der Waals surface area contributed by atoms with Crippen molar-refractivity contribution in [3.63, 3.8) is 0 Å². The van der Waals surface area contributed by atoms with Gasteiger partial charge in [-0.25, -0.2) is 0 Å². The number of nitro groups is 1. The Balaban J connectivity index is 3.21. The number of hydrogen-bond acceptors (Lipinski definition) is 4. The van der Waals surface area contributed by atoms with Gasteiger partial charge in [-0.2, -0.15) is 5.26 Å². The summed E-state index contributed by atoms with van der Waals surface area (Å²) in [6, 6.07) is 2.92. The second-order valence-electron chi connectivity index (χ2n) is 2.45. The molecule has 1 aromatic rings. The van der Waals surface area contributed by atoms with Crippen LogP contribution in [0.15, 0.2) is 12.3 Å². The van der Waals surface area contributed by atoms with Crippen molar-refractivity contribution in [2.24, 2.45) is 0 Å². The molecule has 0 spiro atoms. The zero-order chi connectivity index (χ0) is 10.6. The molecule has 0 radical (unpaired) electrons. The fourth-order valence-corrected chi connectivity index (χ4v) is 0.875. The Morgan fingerprint density at radius 1 is 1.64 bits per heavy atom. The van der Waals surface area contributed by atoms with Crippen molar-refractivity contribution < 1.29 is 4.92 Å². The number of nitrogens with zero attached hydrogens (tertiary/aromatic N) is 3. The number of aromatic nitrogens is 1. The van der Waals surface area contributed by atoms with Crippen LogP contribution < -0.4 is 0 Å². The van der Waals surface area contributed by atoms with E-state index in [1.54, 1.807) is 13.0 Å². The standard InChI is InChI=1S/C9H5N3O2/c1-7-9(12(13)14)5-8(6-11-7)3-2-4-10/h5-6H,1H3. The monoisotopic (exact) mass is 187 g/mol. The highest BCUT2D eigenvalue weighted by atomic mass is 16.6. The molecule has 1 rings (SSSR count). The molecule has 1 aromatic heterocycles. The molecule has 0 aliphatic heterocycles. The maximum Gasteiger partial charge on any atom is 0.291 e. The van der Waals surface area contributed by atoms with Gasteiger partial charge in [0.2, 0.25) is 0 Å². The fraction of sp³-hybridized carbons (Fsp3) is 0.111. The number of hydrogen-bond donors (Lipinski definition) is 0. The molecule has 0 bridgehead atoms. The number of pyridine rings is 1. The summed E-state index contributed by atoms with van der Waals surface area (Å²) in [5, 5.41) is 18.7. The molecule has 5 nitrogen and oxygen atoms in total. The Hall–Kier alpha value is -2.40. The van der Waals surface area contributed by atoms with Gasteiger partial charge in [-0.15, -0.1) is 0 Å². The summed E-state index contributed by atoms with van der Waals surface area (Å²) in [6.07, 6.45) is 1.40. The second-order valence-corrected chi connectivity index (χ2v) is 2.45. The molecule has 0 fully saturated rings. The molecule has 0 aliphatic carbocycles. The van der Waals surface area contributed by atoms with Crippen LogP contribution >= 0.6 is 0 Å². The summed E-state index contributed by atoms with van der Waals surface area (Å²) in [6.45, 7) is 1.54. The molecule has 0 unspecified atom stereocenters. The van der Waals surface area contributed by atoms with Gasteiger partial charge in [0.1, 0.15) is 5.69 Å². The largest absolute Gasteiger partial charge is 0.291 e. The number of nitriles is 1. The van der Waals surface area contributed by atoms with E-state index < -0.39 is 4.92 Å². The van der Waals surface area contributed by atoms with Gasteiger partial charge < -0.3 is 0 Å². The van der Waals surface area contributed by atoms with Crippen molar-refractivity contribution in [3.05, 3.63) is 33.6 Å². The van der Waals surface area contributed by atoms with Crippen LogP contribution in [0.5, 0.6) is 0 Å². The lowest BCUT2D eigenvalue weighted by Crippen LogP contribution is -1.94. The van der Waals surface area contributed by atoms with E-state index in [-0.39, 0.29) is 5.69 Å². The minimum absolute atomic E-state index is 0.0882. The summed E-state index contributed by atoms with van der Waals surface area (Å²) in [4.78, 5) is 13.8. The normalized spacial score (nSPS) is 8.29. The summed E-state index contributed by atoms with van der Waals surface area (Å²) < 4.78 is 0. The first kappa shape index (κ1) is 9.69. The molecule has 5 heteroatoms. The molecule has 0 N–H and O–H groups in total. The van der Waals surface area contributed by atoms with E-state index >= 15 is 0 Å². The molecule has 0 saturated heterocycles. The van der Waals surface area contributed by atoms with Crippen LogP contribution in [-0.2, 0) is 0 Å². The van der Waals surface area contributed by atoms with Crippen molar-refractivity contribution in [3.8, 4) is 17.9 Å². The predicted molar refractivity (Wildman–Crippen MR) is 48.1 cm³/mol. The van der Waals surface area contributed by atoms with Crippen LogP contribution in [0.1, 0.15) is 11.3 Å². The van der Waals surface area contributed by atoms with Crippen LogP contribution in [0, 0.1) is 40.2 Å². The topological polar surface area (TPSA) is 79.8 Å². The van der Waals surface area contributed by atoms with E-state index in [1.165, 1.54) is 12.3 Å². The lowest BCUT2D eigenvalue weighted by Gasteiger charge is -1.95. The Kier molecular flexibility index (Phi) is 2.78. The van der Waals surface area contributed by atoms with E-state index in [0.29, 0.717) is 11.3 Å². The van der Waals surface area contributed by atoms with Gasteiger partial charge in [-0.05, 0) is 12.8 Å². The minimum atomic E-state index is -0.528. The van der Waals surface area contributed by atoms with Crippen molar-refractivity contribution in [2.45, 2.75) is 6.92 Å². The third-order valence-corrected chi connectivity index (χ3v) is 1.52. The molecule has 0 aliphatic rings. The summed E-state index contributed by atoms with van der Waals surface area (Å²) in [5.74, 6) is 4.58. The first-order valence-electron chi connectivity index (χ1n) is 3.66. The molecule has 0 amide bonds. The highest BCUT2D eigenvalue weighted by Gasteiger charge is 2.11. The minimum Gasteiger partial charge on any atom is -0.258 e. The predicted octanol–water partition coefficient (Wildman–Crippen LogP) is 1.17. The molecular formula is C9H5N3O2. The number of rotatable bonds is 1. The van der Waals surface area contributed by atoms with E-state index in [9.17, 15) is 10.1 Å². The Bertz CT molecular complexity index is 477. The van der Waals surface area contributed by atoms with Gasteiger partial charge >= 0.3 is 0 Å². The Morgan fingerprint density at radius 3 is 2.93 bits per heavy atom. The lowest BCUT2D eigenvalue weighted by molar-refractivity contribution is -0.385. The Labute approximate surface area is 80.2 Å². The molecule has 68 valence electrons. The van der Waals surface area contributed by atoms with Crippen LogP contribution in [-0.4, -0.2) is 9.91 Å². The SMILES string of the molecule is Cc1ncc(C#CC#N)cc1[N+](=O)[O-]. The third kappa shape index (κ3) is 2.05. The van der Waals surface area contributed by atoms with E-state index in [0.717, 1.165) is 0 Å². The molecule has 1 heterocycles. The average Bonchev–Trinajstić information content (AvgIpc) is 2.16. The molecule has 0 aromatic carbocycles. The second kappa shape index (κ2) is 4.01. The van der Waals surface area contributed by atoms with Gasteiger partial charge in [0.15, 0.2) is 6.07 Å². The average molecular weight is 187 g/mol. The highest BCUT2D eigenvalue weighted by molar-refractivity contribution is 5.45. The van der Waals surface area contributed by atoms with Crippen LogP contribution in [0.3, 0.4) is 0 Å².